The first kappa shape index (κ1) is 16.5. The molecule has 0 saturated carbocycles. The number of carbonyl (C=O) groups excluding carboxylic acids is 1. The van der Waals surface area contributed by atoms with Crippen molar-refractivity contribution in [3.05, 3.63) is 46.4 Å². The van der Waals surface area contributed by atoms with Gasteiger partial charge in [-0.25, -0.2) is 4.98 Å². The minimum Gasteiger partial charge on any atom is -0.486 e. The number of rotatable bonds is 8. The number of aromatic nitrogens is 1. The van der Waals surface area contributed by atoms with Crippen LogP contribution < -0.4 is 4.74 Å². The molecular weight excluding hydrogens is 296 g/mol. The predicted molar refractivity (Wildman–Crippen MR) is 88.9 cm³/mol. The summed E-state index contributed by atoms with van der Waals surface area (Å²) < 4.78 is 5.69. The molecule has 1 aromatic heterocycles. The average Bonchev–Trinajstić information content (AvgIpc) is 3.00. The molecule has 2 rings (SSSR count). The molecule has 0 fully saturated rings. The first-order valence-electron chi connectivity index (χ1n) is 7.61. The Hall–Kier alpha value is -1.88. The quantitative estimate of drug-likeness (QED) is 0.742. The van der Waals surface area contributed by atoms with E-state index in [2.05, 4.69) is 11.9 Å². The second-order valence-corrected chi connectivity index (χ2v) is 5.95. The topological polar surface area (TPSA) is 42.4 Å². The van der Waals surface area contributed by atoms with Crippen LogP contribution in [0.15, 0.2) is 35.7 Å². The van der Waals surface area contributed by atoms with Gasteiger partial charge in [0.1, 0.15) is 17.4 Å². The van der Waals surface area contributed by atoms with Crippen LogP contribution in [-0.2, 0) is 17.9 Å². The van der Waals surface area contributed by atoms with E-state index in [0.717, 1.165) is 29.4 Å². The maximum atomic E-state index is 11.9. The minimum atomic E-state index is 0.178. The highest BCUT2D eigenvalue weighted by Crippen LogP contribution is 2.16. The molecule has 1 heterocycles. The fraction of sp³-hybridized carbons (Fsp3) is 0.412. The lowest BCUT2D eigenvalue weighted by Crippen LogP contribution is -2.30. The molecular formula is C17H22N2O2S. The molecule has 0 aliphatic carbocycles. The van der Waals surface area contributed by atoms with Crippen molar-refractivity contribution in [1.82, 2.24) is 9.88 Å². The standard InChI is InChI=1S/C17H22N2O2S/c1-3-10-19(17(20)4-2)11-14-13-22-16(18-14)12-21-15-8-6-5-7-9-15/h5-9,13H,3-4,10-12H2,1-2H3. The maximum Gasteiger partial charge on any atom is 0.222 e. The molecule has 0 atom stereocenters. The molecule has 0 bridgehead atoms. The van der Waals surface area contributed by atoms with Crippen LogP contribution in [0.1, 0.15) is 37.4 Å². The largest absolute Gasteiger partial charge is 0.486 e. The van der Waals surface area contributed by atoms with Crippen molar-refractivity contribution in [2.24, 2.45) is 0 Å². The predicted octanol–water partition coefficient (Wildman–Crippen LogP) is 3.87. The third-order valence-electron chi connectivity index (χ3n) is 3.21. The molecule has 0 saturated heterocycles. The van der Waals surface area contributed by atoms with Gasteiger partial charge in [0, 0.05) is 18.3 Å². The summed E-state index contributed by atoms with van der Waals surface area (Å²) >= 11 is 1.57. The first-order chi connectivity index (χ1) is 10.7. The smallest absolute Gasteiger partial charge is 0.222 e. The van der Waals surface area contributed by atoms with Crippen LogP contribution >= 0.6 is 11.3 Å². The lowest BCUT2D eigenvalue weighted by atomic mass is 10.3. The second kappa shape index (κ2) is 8.54. The third-order valence-corrected chi connectivity index (χ3v) is 4.08. The summed E-state index contributed by atoms with van der Waals surface area (Å²) in [6.45, 7) is 5.80. The Morgan fingerprint density at radius 2 is 2.05 bits per heavy atom. The van der Waals surface area contributed by atoms with Crippen molar-refractivity contribution in [1.29, 1.82) is 0 Å². The molecule has 1 amide bonds. The molecule has 118 valence electrons. The fourth-order valence-electron chi connectivity index (χ4n) is 2.13. The summed E-state index contributed by atoms with van der Waals surface area (Å²) in [5.41, 5.74) is 0.937. The number of thiazole rings is 1. The van der Waals surface area contributed by atoms with Gasteiger partial charge in [0.15, 0.2) is 0 Å². The van der Waals surface area contributed by atoms with E-state index in [1.54, 1.807) is 11.3 Å². The summed E-state index contributed by atoms with van der Waals surface area (Å²) in [5.74, 6) is 1.02. The zero-order valence-corrected chi connectivity index (χ0v) is 13.9. The summed E-state index contributed by atoms with van der Waals surface area (Å²) in [6, 6.07) is 9.71. The Bertz CT molecular complexity index is 583. The van der Waals surface area contributed by atoms with E-state index in [0.29, 0.717) is 19.6 Å². The molecule has 5 heteroatoms. The van der Waals surface area contributed by atoms with Crippen LogP contribution in [-0.4, -0.2) is 22.3 Å². The number of nitrogens with zero attached hydrogens (tertiary/aromatic N) is 2. The molecule has 0 N–H and O–H groups in total. The van der Waals surface area contributed by atoms with E-state index >= 15 is 0 Å². The number of para-hydroxylation sites is 1. The third kappa shape index (κ3) is 4.84. The van der Waals surface area contributed by atoms with Gasteiger partial charge in [-0.3, -0.25) is 4.79 Å². The van der Waals surface area contributed by atoms with Gasteiger partial charge in [-0.15, -0.1) is 11.3 Å². The van der Waals surface area contributed by atoms with Crippen LogP contribution in [0.3, 0.4) is 0 Å². The Morgan fingerprint density at radius 3 is 2.73 bits per heavy atom. The number of ether oxygens (including phenoxy) is 1. The van der Waals surface area contributed by atoms with Crippen LogP contribution in [0, 0.1) is 0 Å². The molecule has 0 radical (unpaired) electrons. The zero-order valence-electron chi connectivity index (χ0n) is 13.1. The molecule has 0 unspecified atom stereocenters. The highest BCUT2D eigenvalue weighted by atomic mass is 32.1. The number of amides is 1. The first-order valence-corrected chi connectivity index (χ1v) is 8.49. The van der Waals surface area contributed by atoms with Gasteiger partial charge in [-0.2, -0.15) is 0 Å². The monoisotopic (exact) mass is 318 g/mol. The fourth-order valence-corrected chi connectivity index (χ4v) is 2.83. The minimum absolute atomic E-state index is 0.178. The Morgan fingerprint density at radius 1 is 1.27 bits per heavy atom. The molecule has 0 aliphatic heterocycles. The van der Waals surface area contributed by atoms with Crippen LogP contribution in [0.4, 0.5) is 0 Å². The number of hydrogen-bond donors (Lipinski definition) is 0. The Labute approximate surface area is 135 Å². The van der Waals surface area contributed by atoms with Crippen molar-refractivity contribution in [2.45, 2.75) is 39.8 Å². The number of carbonyl (C=O) groups is 1. The van der Waals surface area contributed by atoms with Crippen LogP contribution in [0.5, 0.6) is 5.75 Å². The Balaban J connectivity index is 1.91. The molecule has 0 spiro atoms. The molecule has 4 nitrogen and oxygen atoms in total. The van der Waals surface area contributed by atoms with Crippen molar-refractivity contribution >= 4 is 17.2 Å². The average molecular weight is 318 g/mol. The van der Waals surface area contributed by atoms with Crippen molar-refractivity contribution < 1.29 is 9.53 Å². The van der Waals surface area contributed by atoms with Crippen LogP contribution in [0.2, 0.25) is 0 Å². The highest BCUT2D eigenvalue weighted by molar-refractivity contribution is 7.09. The normalized spacial score (nSPS) is 10.5. The lowest BCUT2D eigenvalue weighted by Gasteiger charge is -2.20. The van der Waals surface area contributed by atoms with E-state index in [-0.39, 0.29) is 5.91 Å². The zero-order chi connectivity index (χ0) is 15.8. The number of hydrogen-bond acceptors (Lipinski definition) is 4. The maximum absolute atomic E-state index is 11.9. The molecule has 0 aliphatic rings. The summed E-state index contributed by atoms with van der Waals surface area (Å²) in [5, 5.41) is 2.94. The summed E-state index contributed by atoms with van der Waals surface area (Å²) in [7, 11) is 0. The Kier molecular flexibility index (Phi) is 6.40. The van der Waals surface area contributed by atoms with E-state index in [9.17, 15) is 4.79 Å². The van der Waals surface area contributed by atoms with Gasteiger partial charge in [-0.05, 0) is 18.6 Å². The SMILES string of the molecule is CCCN(Cc1csc(COc2ccccc2)n1)C(=O)CC. The van der Waals surface area contributed by atoms with Crippen LogP contribution in [0.25, 0.3) is 0 Å². The summed E-state index contributed by atoms with van der Waals surface area (Å²) in [4.78, 5) is 18.3. The molecule has 2 aromatic rings. The van der Waals surface area contributed by atoms with Gasteiger partial charge in [0.05, 0.1) is 12.2 Å². The van der Waals surface area contributed by atoms with Crippen molar-refractivity contribution in [2.75, 3.05) is 6.54 Å². The van der Waals surface area contributed by atoms with Gasteiger partial charge < -0.3 is 9.64 Å². The second-order valence-electron chi connectivity index (χ2n) is 5.00. The van der Waals surface area contributed by atoms with E-state index < -0.39 is 0 Å². The van der Waals surface area contributed by atoms with Gasteiger partial charge in [0.25, 0.3) is 0 Å². The van der Waals surface area contributed by atoms with Gasteiger partial charge in [0.2, 0.25) is 5.91 Å². The highest BCUT2D eigenvalue weighted by Gasteiger charge is 2.13. The lowest BCUT2D eigenvalue weighted by molar-refractivity contribution is -0.131. The summed E-state index contributed by atoms with van der Waals surface area (Å²) in [6.07, 6.45) is 1.49. The number of benzene rings is 1. The van der Waals surface area contributed by atoms with E-state index in [4.69, 9.17) is 4.74 Å². The van der Waals surface area contributed by atoms with E-state index in [1.165, 1.54) is 0 Å². The van der Waals surface area contributed by atoms with Gasteiger partial charge in [-0.1, -0.05) is 32.0 Å². The van der Waals surface area contributed by atoms with Crippen molar-refractivity contribution in [3.63, 3.8) is 0 Å². The molecule has 1 aromatic carbocycles. The molecule has 22 heavy (non-hydrogen) atoms. The van der Waals surface area contributed by atoms with Crippen molar-refractivity contribution in [3.8, 4) is 5.75 Å². The van der Waals surface area contributed by atoms with E-state index in [1.807, 2.05) is 47.5 Å². The van der Waals surface area contributed by atoms with Gasteiger partial charge >= 0.3 is 0 Å².